The van der Waals surface area contributed by atoms with Gasteiger partial charge in [-0.05, 0) is 61.9 Å². The van der Waals surface area contributed by atoms with E-state index in [0.29, 0.717) is 34.2 Å². The summed E-state index contributed by atoms with van der Waals surface area (Å²) in [7, 11) is 0. The molecule has 1 unspecified atom stereocenters. The molecule has 0 aliphatic heterocycles. The van der Waals surface area contributed by atoms with Crippen molar-refractivity contribution in [2.45, 2.75) is 71.4 Å². The number of nitrogens with zero attached hydrogens (tertiary/aromatic N) is 1. The van der Waals surface area contributed by atoms with E-state index in [1.54, 1.807) is 31.3 Å². The minimum Gasteiger partial charge on any atom is -0.480 e. The molecule has 0 spiro atoms. The topological polar surface area (TPSA) is 115 Å². The smallest absolute Gasteiger partial charge is 0.272 e. The lowest BCUT2D eigenvalue weighted by Crippen LogP contribution is -2.36. The highest BCUT2D eigenvalue weighted by Gasteiger charge is 2.18. The second-order valence-corrected chi connectivity index (χ2v) is 9.58. The van der Waals surface area contributed by atoms with Crippen LogP contribution in [0.4, 0.5) is 0 Å². The zero-order valence-electron chi connectivity index (χ0n) is 20.4. The first-order chi connectivity index (χ1) is 16.8. The highest BCUT2D eigenvalue weighted by atomic mass is 35.5. The molecule has 1 heterocycles. The molecule has 0 saturated heterocycles. The Labute approximate surface area is 211 Å². The van der Waals surface area contributed by atoms with E-state index in [9.17, 15) is 14.4 Å². The number of hydrogen-bond acceptors (Lipinski definition) is 5. The van der Waals surface area contributed by atoms with Crippen LogP contribution in [0, 0.1) is 12.8 Å². The van der Waals surface area contributed by atoms with Crippen molar-refractivity contribution < 1.29 is 14.3 Å². The lowest BCUT2D eigenvalue weighted by Gasteiger charge is -2.23. The van der Waals surface area contributed by atoms with Crippen molar-refractivity contribution >= 4 is 23.4 Å². The Morgan fingerprint density at radius 2 is 1.97 bits per heavy atom. The predicted octanol–water partition coefficient (Wildman–Crippen LogP) is 3.44. The van der Waals surface area contributed by atoms with Crippen LogP contribution in [0.1, 0.15) is 62.1 Å². The fraction of sp³-hybridized carbons (Fsp3) is 0.500. The van der Waals surface area contributed by atoms with Gasteiger partial charge in [0.25, 0.3) is 11.5 Å². The Morgan fingerprint density at radius 1 is 1.23 bits per heavy atom. The number of ether oxygens (including phenoxy) is 1. The monoisotopic (exact) mass is 502 g/mol. The molecule has 1 fully saturated rings. The number of aryl methyl sites for hydroxylation is 1. The summed E-state index contributed by atoms with van der Waals surface area (Å²) >= 11 is 6.13. The maximum atomic E-state index is 13.0. The van der Waals surface area contributed by atoms with Gasteiger partial charge < -0.3 is 21.2 Å². The van der Waals surface area contributed by atoms with Gasteiger partial charge in [-0.25, -0.2) is 4.68 Å². The zero-order chi connectivity index (χ0) is 25.4. The van der Waals surface area contributed by atoms with E-state index in [1.807, 2.05) is 13.0 Å². The number of nitrogens with two attached hydrogens (primary N) is 1. The van der Waals surface area contributed by atoms with Gasteiger partial charge in [0.1, 0.15) is 5.75 Å². The fourth-order valence-corrected chi connectivity index (χ4v) is 4.54. The first-order valence-electron chi connectivity index (χ1n) is 12.2. The van der Waals surface area contributed by atoms with Crippen molar-refractivity contribution in [1.82, 2.24) is 9.99 Å². The number of carbonyl (C=O) groups is 2. The van der Waals surface area contributed by atoms with Crippen LogP contribution in [-0.2, 0) is 22.6 Å². The summed E-state index contributed by atoms with van der Waals surface area (Å²) in [5.41, 5.74) is 10.2. The lowest BCUT2D eigenvalue weighted by atomic mass is 9.89. The van der Waals surface area contributed by atoms with Crippen LogP contribution in [0.25, 0.3) is 0 Å². The number of rotatable bonds is 11. The van der Waals surface area contributed by atoms with Gasteiger partial charge in [0, 0.05) is 35.4 Å². The third-order valence-corrected chi connectivity index (χ3v) is 6.73. The van der Waals surface area contributed by atoms with Gasteiger partial charge in [-0.3, -0.25) is 14.4 Å². The number of halogens is 1. The van der Waals surface area contributed by atoms with E-state index < -0.39 is 12.0 Å². The Kier molecular flexibility index (Phi) is 9.60. The Hall–Kier alpha value is -3.00. The van der Waals surface area contributed by atoms with Crippen LogP contribution < -0.4 is 26.8 Å². The molecule has 190 valence electrons. The van der Waals surface area contributed by atoms with Crippen molar-refractivity contribution in [3.8, 4) is 5.75 Å². The average molecular weight is 503 g/mol. The summed E-state index contributed by atoms with van der Waals surface area (Å²) in [6.07, 6.45) is 7.42. The minimum absolute atomic E-state index is 0.0494. The molecule has 1 aliphatic carbocycles. The first-order valence-corrected chi connectivity index (χ1v) is 12.6. The molecule has 0 radical (unpaired) electrons. The molecule has 1 aromatic carbocycles. The molecule has 4 N–H and O–H groups in total. The SMILES string of the molecule is CCC(Oc1ccc(Cl)cc1CNC(=O)Cc1c(C)ccn(NCC2CCCCC2)c1=O)C(N)=O. The van der Waals surface area contributed by atoms with Crippen molar-refractivity contribution in [3.05, 3.63) is 62.5 Å². The van der Waals surface area contributed by atoms with Gasteiger partial charge in [-0.1, -0.05) is 37.8 Å². The summed E-state index contributed by atoms with van der Waals surface area (Å²) < 4.78 is 7.23. The van der Waals surface area contributed by atoms with Crippen LogP contribution in [-0.4, -0.2) is 29.1 Å². The van der Waals surface area contributed by atoms with Gasteiger partial charge in [-0.2, -0.15) is 0 Å². The van der Waals surface area contributed by atoms with E-state index in [2.05, 4.69) is 10.7 Å². The molecule has 35 heavy (non-hydrogen) atoms. The van der Waals surface area contributed by atoms with E-state index in [1.165, 1.54) is 36.8 Å². The van der Waals surface area contributed by atoms with E-state index in [4.69, 9.17) is 22.1 Å². The molecule has 2 amide bonds. The van der Waals surface area contributed by atoms with Gasteiger partial charge in [0.2, 0.25) is 5.91 Å². The summed E-state index contributed by atoms with van der Waals surface area (Å²) in [5, 5.41) is 3.30. The summed E-state index contributed by atoms with van der Waals surface area (Å²) in [5.74, 6) is 0.124. The third kappa shape index (κ3) is 7.49. The average Bonchev–Trinajstić information content (AvgIpc) is 2.84. The summed E-state index contributed by atoms with van der Waals surface area (Å²) in [6, 6.07) is 6.80. The van der Waals surface area contributed by atoms with Crippen molar-refractivity contribution in [2.75, 3.05) is 12.0 Å². The zero-order valence-corrected chi connectivity index (χ0v) is 21.2. The number of pyridine rings is 1. The summed E-state index contributed by atoms with van der Waals surface area (Å²) in [4.78, 5) is 37.4. The molecule has 0 bridgehead atoms. The largest absolute Gasteiger partial charge is 0.480 e. The number of hydrogen-bond donors (Lipinski definition) is 3. The molecule has 1 atom stereocenters. The van der Waals surface area contributed by atoms with E-state index in [-0.39, 0.29) is 24.4 Å². The van der Waals surface area contributed by atoms with Crippen molar-refractivity contribution in [2.24, 2.45) is 11.7 Å². The molecule has 9 heteroatoms. The van der Waals surface area contributed by atoms with Gasteiger partial charge >= 0.3 is 0 Å². The van der Waals surface area contributed by atoms with Crippen LogP contribution in [0.3, 0.4) is 0 Å². The highest BCUT2D eigenvalue weighted by molar-refractivity contribution is 6.30. The maximum Gasteiger partial charge on any atom is 0.272 e. The third-order valence-electron chi connectivity index (χ3n) is 6.49. The highest BCUT2D eigenvalue weighted by Crippen LogP contribution is 2.25. The van der Waals surface area contributed by atoms with Crippen LogP contribution >= 0.6 is 11.6 Å². The van der Waals surface area contributed by atoms with Crippen LogP contribution in [0.15, 0.2) is 35.3 Å². The number of amides is 2. The van der Waals surface area contributed by atoms with E-state index >= 15 is 0 Å². The standard InChI is InChI=1S/C26H35ClN4O4/c1-3-22(25(28)33)35-23-10-9-20(27)13-19(23)16-29-24(32)14-21-17(2)11-12-31(26(21)34)30-15-18-7-5-4-6-8-18/h9-13,18,22,30H,3-8,14-16H2,1-2H3,(H2,28,33)(H,29,32). The molecule has 3 rings (SSSR count). The molecule has 1 saturated carbocycles. The quantitative estimate of drug-likeness (QED) is 0.435. The van der Waals surface area contributed by atoms with Crippen LogP contribution in [0.2, 0.25) is 5.02 Å². The predicted molar refractivity (Wildman–Crippen MR) is 137 cm³/mol. The van der Waals surface area contributed by atoms with Crippen molar-refractivity contribution in [3.63, 3.8) is 0 Å². The molecule has 2 aromatic rings. The minimum atomic E-state index is -0.780. The van der Waals surface area contributed by atoms with E-state index in [0.717, 1.165) is 12.1 Å². The molecular weight excluding hydrogens is 468 g/mol. The number of aromatic nitrogens is 1. The first kappa shape index (κ1) is 26.6. The Morgan fingerprint density at radius 3 is 2.66 bits per heavy atom. The van der Waals surface area contributed by atoms with Gasteiger partial charge in [-0.15, -0.1) is 0 Å². The maximum absolute atomic E-state index is 13.0. The Bertz CT molecular complexity index is 1100. The summed E-state index contributed by atoms with van der Waals surface area (Å²) in [6.45, 7) is 4.50. The molecule has 8 nitrogen and oxygen atoms in total. The number of benzene rings is 1. The second kappa shape index (κ2) is 12.6. The van der Waals surface area contributed by atoms with Gasteiger partial charge in [0.15, 0.2) is 6.10 Å². The van der Waals surface area contributed by atoms with Gasteiger partial charge in [0.05, 0.1) is 6.42 Å². The molecular formula is C26H35ClN4O4. The lowest BCUT2D eigenvalue weighted by molar-refractivity contribution is -0.125. The van der Waals surface area contributed by atoms with Crippen molar-refractivity contribution in [1.29, 1.82) is 0 Å². The number of carbonyl (C=O) groups excluding carboxylic acids is 2. The molecule has 1 aromatic heterocycles. The molecule has 1 aliphatic rings. The number of primary amides is 1. The second-order valence-electron chi connectivity index (χ2n) is 9.14. The van der Waals surface area contributed by atoms with Crippen LogP contribution in [0.5, 0.6) is 5.75 Å². The fourth-order valence-electron chi connectivity index (χ4n) is 4.34. The Balaban J connectivity index is 1.65. The number of nitrogens with one attached hydrogen (secondary N) is 2. The normalized spacial score (nSPS) is 14.8.